The molecule has 31 heavy (non-hydrogen) atoms. The highest BCUT2D eigenvalue weighted by atomic mass is 19.2. The molecule has 0 radical (unpaired) electrons. The van der Waals surface area contributed by atoms with Gasteiger partial charge in [0, 0.05) is 18.3 Å². The zero-order chi connectivity index (χ0) is 22.8. The number of nitrogens with zero attached hydrogens (tertiary/aromatic N) is 2. The first-order valence-electron chi connectivity index (χ1n) is 9.72. The van der Waals surface area contributed by atoms with Crippen molar-refractivity contribution in [2.75, 3.05) is 0 Å². The lowest BCUT2D eigenvalue weighted by Crippen LogP contribution is -2.38. The molecule has 2 atom stereocenters. The van der Waals surface area contributed by atoms with Gasteiger partial charge in [0.2, 0.25) is 0 Å². The lowest BCUT2D eigenvalue weighted by Gasteiger charge is -2.29. The molecule has 0 bridgehead atoms. The smallest absolute Gasteiger partial charge is 0.408 e. The van der Waals surface area contributed by atoms with E-state index in [1.165, 1.54) is 24.5 Å². The summed E-state index contributed by atoms with van der Waals surface area (Å²) in [5.41, 5.74) is 0.167. The summed E-state index contributed by atoms with van der Waals surface area (Å²) in [6.07, 6.45) is 3.45. The number of amides is 1. The summed E-state index contributed by atoms with van der Waals surface area (Å²) < 4.78 is 34.0. The van der Waals surface area contributed by atoms with Crippen LogP contribution >= 0.6 is 0 Å². The van der Waals surface area contributed by atoms with E-state index in [9.17, 15) is 23.5 Å². The third kappa shape index (κ3) is 5.22. The van der Waals surface area contributed by atoms with Gasteiger partial charge in [-0.3, -0.25) is 14.8 Å². The molecule has 7 nitrogen and oxygen atoms in total. The van der Waals surface area contributed by atoms with Gasteiger partial charge in [-0.25, -0.2) is 13.6 Å². The highest BCUT2D eigenvalue weighted by molar-refractivity contribution is 5.84. The molecule has 1 aromatic carbocycles. The van der Waals surface area contributed by atoms with Crippen LogP contribution in [0.1, 0.15) is 62.5 Å². The molecular formula is C22H23F2N3O4. The Labute approximate surface area is 178 Å². The molecule has 0 saturated carbocycles. The number of carboxylic acids is 1. The van der Waals surface area contributed by atoms with Crippen molar-refractivity contribution in [1.29, 1.82) is 0 Å². The van der Waals surface area contributed by atoms with Crippen molar-refractivity contribution in [1.82, 2.24) is 15.3 Å². The van der Waals surface area contributed by atoms with Gasteiger partial charge in [-0.1, -0.05) is 18.2 Å². The van der Waals surface area contributed by atoms with Gasteiger partial charge in [-0.15, -0.1) is 0 Å². The van der Waals surface area contributed by atoms with Crippen LogP contribution in [0, 0.1) is 11.6 Å². The van der Waals surface area contributed by atoms with E-state index in [2.05, 4.69) is 15.3 Å². The number of hydrogen-bond donors (Lipinski definition) is 2. The fraction of sp³-hybridized carbons (Fsp3) is 0.364. The second kappa shape index (κ2) is 8.79. The summed E-state index contributed by atoms with van der Waals surface area (Å²) in [7, 11) is 0. The van der Waals surface area contributed by atoms with Crippen molar-refractivity contribution in [2.45, 2.75) is 51.2 Å². The van der Waals surface area contributed by atoms with E-state index in [1.807, 2.05) is 0 Å². The molecule has 1 amide bonds. The van der Waals surface area contributed by atoms with Gasteiger partial charge in [0.05, 0.1) is 23.9 Å². The fourth-order valence-electron chi connectivity index (χ4n) is 3.55. The molecule has 9 heteroatoms. The Hall–Kier alpha value is -3.36. The lowest BCUT2D eigenvalue weighted by molar-refractivity contribution is -0.135. The molecule has 1 aromatic heterocycles. The quantitative estimate of drug-likeness (QED) is 0.746. The Kier molecular flexibility index (Phi) is 6.33. The maximum atomic E-state index is 14.7. The van der Waals surface area contributed by atoms with Crippen LogP contribution in [0.3, 0.4) is 0 Å². The standard InChI is InChI=1S/C22H23F2N3O4/c1-22(2,3)31-21(30)27-19-14(13-5-4-6-15(23)17(13)24)8-7-12(11-16(28)29)18-20(19)26-10-9-25-18/h4-7,9-10,14,19H,8,11H2,1-3H3,(H,27,30)(H,28,29). The number of fused-ring (bicyclic) bond motifs is 1. The third-order valence-electron chi connectivity index (χ3n) is 4.74. The predicted octanol–water partition coefficient (Wildman–Crippen LogP) is 4.37. The number of carboxylic acid groups (broad SMARTS) is 1. The minimum absolute atomic E-state index is 0.0329. The van der Waals surface area contributed by atoms with E-state index >= 15 is 0 Å². The van der Waals surface area contributed by atoms with Crippen molar-refractivity contribution in [2.24, 2.45) is 0 Å². The molecule has 1 aliphatic carbocycles. The number of benzene rings is 1. The molecule has 1 aliphatic rings. The SMILES string of the molecule is CC(C)(C)OC(=O)NC1c2nccnc2C(CC(=O)O)=CCC1c1cccc(F)c1F. The Bertz CT molecular complexity index is 1030. The Balaban J connectivity index is 2.13. The van der Waals surface area contributed by atoms with E-state index in [1.54, 1.807) is 26.8 Å². The molecule has 0 spiro atoms. The molecule has 2 N–H and O–H groups in total. The maximum absolute atomic E-state index is 14.7. The summed E-state index contributed by atoms with van der Waals surface area (Å²) in [5.74, 6) is -3.91. The number of aromatic nitrogens is 2. The van der Waals surface area contributed by atoms with E-state index in [0.29, 0.717) is 5.57 Å². The number of aliphatic carboxylic acids is 1. The number of carbonyl (C=O) groups excluding carboxylic acids is 1. The average molecular weight is 431 g/mol. The van der Waals surface area contributed by atoms with Crippen LogP contribution in [-0.4, -0.2) is 32.7 Å². The van der Waals surface area contributed by atoms with Crippen LogP contribution in [0.2, 0.25) is 0 Å². The number of alkyl carbamates (subject to hydrolysis) is 1. The molecule has 2 aromatic rings. The largest absolute Gasteiger partial charge is 0.481 e. The van der Waals surface area contributed by atoms with Crippen molar-refractivity contribution in [3.05, 3.63) is 65.3 Å². The van der Waals surface area contributed by atoms with Crippen LogP contribution < -0.4 is 5.32 Å². The van der Waals surface area contributed by atoms with Crippen LogP contribution in [0.4, 0.5) is 13.6 Å². The Morgan fingerprint density at radius 2 is 1.94 bits per heavy atom. The number of ether oxygens (including phenoxy) is 1. The number of rotatable bonds is 4. The minimum Gasteiger partial charge on any atom is -0.481 e. The van der Waals surface area contributed by atoms with Crippen LogP contribution in [0.25, 0.3) is 5.57 Å². The van der Waals surface area contributed by atoms with Crippen LogP contribution in [-0.2, 0) is 9.53 Å². The molecule has 0 aliphatic heterocycles. The van der Waals surface area contributed by atoms with Crippen molar-refractivity contribution < 1.29 is 28.2 Å². The summed E-state index contributed by atoms with van der Waals surface area (Å²) in [4.78, 5) is 32.5. The van der Waals surface area contributed by atoms with Crippen LogP contribution in [0.15, 0.2) is 36.7 Å². The number of hydrogen-bond acceptors (Lipinski definition) is 5. The van der Waals surface area contributed by atoms with E-state index < -0.39 is 41.3 Å². The maximum Gasteiger partial charge on any atom is 0.408 e. The summed E-state index contributed by atoms with van der Waals surface area (Å²) in [6.45, 7) is 5.09. The third-order valence-corrected chi connectivity index (χ3v) is 4.74. The van der Waals surface area contributed by atoms with Crippen molar-refractivity contribution in [3.8, 4) is 0 Å². The summed E-state index contributed by atoms with van der Waals surface area (Å²) >= 11 is 0. The predicted molar refractivity (Wildman–Crippen MR) is 108 cm³/mol. The number of carbonyl (C=O) groups is 2. The number of nitrogens with one attached hydrogen (secondary N) is 1. The van der Waals surface area contributed by atoms with Gasteiger partial charge >= 0.3 is 12.1 Å². The topological polar surface area (TPSA) is 101 Å². The number of halogens is 2. The highest BCUT2D eigenvalue weighted by Gasteiger charge is 2.36. The van der Waals surface area contributed by atoms with Gasteiger partial charge in [0.1, 0.15) is 5.60 Å². The second-order valence-corrected chi connectivity index (χ2v) is 8.20. The summed E-state index contributed by atoms with van der Waals surface area (Å²) in [5, 5.41) is 12.0. The monoisotopic (exact) mass is 431 g/mol. The van der Waals surface area contributed by atoms with Gasteiger partial charge in [-0.2, -0.15) is 0 Å². The Morgan fingerprint density at radius 1 is 1.23 bits per heavy atom. The van der Waals surface area contributed by atoms with Crippen LogP contribution in [0.5, 0.6) is 0 Å². The van der Waals surface area contributed by atoms with Gasteiger partial charge in [0.15, 0.2) is 11.6 Å². The first kappa shape index (κ1) is 22.3. The fourth-order valence-corrected chi connectivity index (χ4v) is 3.55. The zero-order valence-electron chi connectivity index (χ0n) is 17.4. The molecule has 3 rings (SSSR count). The first-order valence-corrected chi connectivity index (χ1v) is 9.72. The lowest BCUT2D eigenvalue weighted by atomic mass is 9.87. The van der Waals surface area contributed by atoms with Gasteiger partial charge in [-0.05, 0) is 44.4 Å². The normalized spacial score (nSPS) is 18.4. The Morgan fingerprint density at radius 3 is 2.61 bits per heavy atom. The highest BCUT2D eigenvalue weighted by Crippen LogP contribution is 2.41. The van der Waals surface area contributed by atoms with Gasteiger partial charge in [0.25, 0.3) is 0 Å². The number of allylic oxidation sites excluding steroid dienone is 1. The molecular weight excluding hydrogens is 408 g/mol. The molecule has 2 unspecified atom stereocenters. The molecule has 1 heterocycles. The van der Waals surface area contributed by atoms with E-state index in [4.69, 9.17) is 4.74 Å². The summed E-state index contributed by atoms with van der Waals surface area (Å²) in [6, 6.07) is 2.88. The minimum atomic E-state index is -1.07. The van der Waals surface area contributed by atoms with E-state index in [-0.39, 0.29) is 29.8 Å². The van der Waals surface area contributed by atoms with E-state index in [0.717, 1.165) is 6.07 Å². The second-order valence-electron chi connectivity index (χ2n) is 8.20. The molecule has 0 fully saturated rings. The van der Waals surface area contributed by atoms with Crippen molar-refractivity contribution >= 4 is 17.6 Å². The van der Waals surface area contributed by atoms with Gasteiger partial charge < -0.3 is 15.2 Å². The zero-order valence-corrected chi connectivity index (χ0v) is 17.4. The molecule has 0 saturated heterocycles. The molecule has 164 valence electrons. The average Bonchev–Trinajstić information content (AvgIpc) is 2.80. The van der Waals surface area contributed by atoms with Crippen molar-refractivity contribution in [3.63, 3.8) is 0 Å². The first-order chi connectivity index (χ1) is 14.6.